The molecule has 5 heteroatoms. The first-order valence-electron chi connectivity index (χ1n) is 4.23. The SMILES string of the molecule is CC1(C)[C@]2(O)[C@@H](CO)O[C@H](O)[C@]12O. The second-order valence-electron chi connectivity index (χ2n) is 4.32. The molecule has 0 spiro atoms. The van der Waals surface area contributed by atoms with Gasteiger partial charge in [-0.2, -0.15) is 0 Å². The molecule has 0 radical (unpaired) electrons. The topological polar surface area (TPSA) is 90.2 Å². The summed E-state index contributed by atoms with van der Waals surface area (Å²) in [7, 11) is 0. The van der Waals surface area contributed by atoms with E-state index in [1.165, 1.54) is 0 Å². The molecule has 4 atom stereocenters. The van der Waals surface area contributed by atoms with Crippen molar-refractivity contribution < 1.29 is 25.2 Å². The van der Waals surface area contributed by atoms with Crippen LogP contribution in [0.4, 0.5) is 0 Å². The van der Waals surface area contributed by atoms with Crippen LogP contribution < -0.4 is 0 Å². The Balaban J connectivity index is 2.40. The highest BCUT2D eigenvalue weighted by Crippen LogP contribution is 2.72. The molecular weight excluding hydrogens is 176 g/mol. The molecule has 0 unspecified atom stereocenters. The molecule has 0 aromatic rings. The summed E-state index contributed by atoms with van der Waals surface area (Å²) in [5, 5.41) is 38.1. The maximum Gasteiger partial charge on any atom is 0.187 e. The predicted octanol–water partition coefficient (Wildman–Crippen LogP) is -1.80. The summed E-state index contributed by atoms with van der Waals surface area (Å²) in [6.07, 6.45) is -2.34. The van der Waals surface area contributed by atoms with Gasteiger partial charge in [0, 0.05) is 5.41 Å². The van der Waals surface area contributed by atoms with E-state index in [1.54, 1.807) is 13.8 Å². The Morgan fingerprint density at radius 2 is 1.77 bits per heavy atom. The van der Waals surface area contributed by atoms with Crippen molar-refractivity contribution in [2.45, 2.75) is 37.4 Å². The van der Waals surface area contributed by atoms with Crippen molar-refractivity contribution in [1.82, 2.24) is 0 Å². The minimum Gasteiger partial charge on any atom is -0.394 e. The Kier molecular flexibility index (Phi) is 1.49. The second kappa shape index (κ2) is 2.07. The zero-order valence-corrected chi connectivity index (χ0v) is 7.56. The molecular formula is C8H14O5. The quantitative estimate of drug-likeness (QED) is 0.391. The Bertz CT molecular complexity index is 253. The first kappa shape index (κ1) is 9.36. The molecule has 2 fully saturated rings. The van der Waals surface area contributed by atoms with Crippen molar-refractivity contribution in [2.24, 2.45) is 5.41 Å². The summed E-state index contributed by atoms with van der Waals surface area (Å²) in [4.78, 5) is 0. The third kappa shape index (κ3) is 0.619. The van der Waals surface area contributed by atoms with Crippen molar-refractivity contribution in [2.75, 3.05) is 6.61 Å². The molecule has 1 aliphatic heterocycles. The lowest BCUT2D eigenvalue weighted by Crippen LogP contribution is -2.36. The van der Waals surface area contributed by atoms with Crippen molar-refractivity contribution in [3.8, 4) is 0 Å². The monoisotopic (exact) mass is 190 g/mol. The van der Waals surface area contributed by atoms with Crippen molar-refractivity contribution in [3.63, 3.8) is 0 Å². The number of hydrogen-bond acceptors (Lipinski definition) is 5. The van der Waals surface area contributed by atoms with E-state index in [9.17, 15) is 15.3 Å². The Morgan fingerprint density at radius 3 is 2.00 bits per heavy atom. The fourth-order valence-corrected chi connectivity index (χ4v) is 2.57. The molecule has 13 heavy (non-hydrogen) atoms. The van der Waals surface area contributed by atoms with E-state index in [-0.39, 0.29) is 0 Å². The van der Waals surface area contributed by atoms with Gasteiger partial charge in [0.1, 0.15) is 11.7 Å². The van der Waals surface area contributed by atoms with Crippen LogP contribution >= 0.6 is 0 Å². The van der Waals surface area contributed by atoms with Gasteiger partial charge in [-0.1, -0.05) is 13.8 Å². The van der Waals surface area contributed by atoms with Crippen LogP contribution in [0.5, 0.6) is 0 Å². The van der Waals surface area contributed by atoms with Gasteiger partial charge in [-0.05, 0) is 0 Å². The summed E-state index contributed by atoms with van der Waals surface area (Å²) >= 11 is 0. The Labute approximate surface area is 75.6 Å². The van der Waals surface area contributed by atoms with Crippen LogP contribution in [-0.2, 0) is 4.74 Å². The van der Waals surface area contributed by atoms with Gasteiger partial charge >= 0.3 is 0 Å². The van der Waals surface area contributed by atoms with E-state index in [1.807, 2.05) is 0 Å². The van der Waals surface area contributed by atoms with Gasteiger partial charge in [0.25, 0.3) is 0 Å². The van der Waals surface area contributed by atoms with Crippen LogP contribution in [0.15, 0.2) is 0 Å². The number of rotatable bonds is 1. The minimum atomic E-state index is -1.65. The van der Waals surface area contributed by atoms with Crippen LogP contribution in [-0.4, -0.2) is 50.6 Å². The highest BCUT2D eigenvalue weighted by Gasteiger charge is 2.92. The third-order valence-corrected chi connectivity index (χ3v) is 3.71. The normalized spacial score (nSPS) is 57.7. The van der Waals surface area contributed by atoms with E-state index in [2.05, 4.69) is 0 Å². The van der Waals surface area contributed by atoms with Crippen molar-refractivity contribution in [1.29, 1.82) is 0 Å². The average Bonchev–Trinajstić information content (AvgIpc) is 2.34. The van der Waals surface area contributed by atoms with Gasteiger partial charge < -0.3 is 25.2 Å². The van der Waals surface area contributed by atoms with Gasteiger partial charge in [-0.15, -0.1) is 0 Å². The van der Waals surface area contributed by atoms with Crippen molar-refractivity contribution in [3.05, 3.63) is 0 Å². The summed E-state index contributed by atoms with van der Waals surface area (Å²) < 4.78 is 4.82. The second-order valence-corrected chi connectivity index (χ2v) is 4.32. The lowest BCUT2D eigenvalue weighted by molar-refractivity contribution is -0.185. The molecule has 1 aliphatic carbocycles. The van der Waals surface area contributed by atoms with Gasteiger partial charge in [-0.3, -0.25) is 0 Å². The summed E-state index contributed by atoms with van der Waals surface area (Å²) in [6.45, 7) is 2.84. The molecule has 1 saturated carbocycles. The molecule has 0 bridgehead atoms. The smallest absolute Gasteiger partial charge is 0.187 e. The largest absolute Gasteiger partial charge is 0.394 e. The fraction of sp³-hybridized carbons (Fsp3) is 1.00. The summed E-state index contributed by atoms with van der Waals surface area (Å²) in [5.41, 5.74) is -4.02. The molecule has 4 N–H and O–H groups in total. The molecule has 76 valence electrons. The standard InChI is InChI=1S/C8H14O5/c1-6(2)7(11)4(3-9)13-5(10)8(6,7)12/h4-5,9-12H,3H2,1-2H3/t4-,5+,7-,8+/m1/s1. The maximum absolute atomic E-state index is 9.99. The van der Waals surface area contributed by atoms with E-state index in [4.69, 9.17) is 9.84 Å². The fourth-order valence-electron chi connectivity index (χ4n) is 2.57. The molecule has 2 rings (SSSR count). The van der Waals surface area contributed by atoms with Gasteiger partial charge in [0.2, 0.25) is 0 Å². The Hall–Kier alpha value is -0.200. The average molecular weight is 190 g/mol. The zero-order valence-electron chi connectivity index (χ0n) is 7.56. The maximum atomic E-state index is 9.99. The third-order valence-electron chi connectivity index (χ3n) is 3.71. The van der Waals surface area contributed by atoms with Crippen LogP contribution in [0, 0.1) is 5.41 Å². The lowest BCUT2D eigenvalue weighted by atomic mass is 10.0. The summed E-state index contributed by atoms with van der Waals surface area (Å²) in [5.74, 6) is 0. The van der Waals surface area contributed by atoms with Gasteiger partial charge in [0.05, 0.1) is 6.61 Å². The number of aliphatic hydroxyl groups excluding tert-OH is 2. The predicted molar refractivity (Wildman–Crippen MR) is 41.6 cm³/mol. The Morgan fingerprint density at radius 1 is 1.23 bits per heavy atom. The van der Waals surface area contributed by atoms with E-state index >= 15 is 0 Å². The van der Waals surface area contributed by atoms with Gasteiger partial charge in [0.15, 0.2) is 11.9 Å². The highest BCUT2D eigenvalue weighted by atomic mass is 16.7. The molecule has 0 amide bonds. The van der Waals surface area contributed by atoms with Crippen LogP contribution in [0.1, 0.15) is 13.8 Å². The molecule has 1 heterocycles. The number of aliphatic hydroxyl groups is 4. The van der Waals surface area contributed by atoms with Crippen LogP contribution in [0.3, 0.4) is 0 Å². The zero-order chi connectivity index (χ0) is 10.1. The van der Waals surface area contributed by atoms with Gasteiger partial charge in [-0.25, -0.2) is 0 Å². The van der Waals surface area contributed by atoms with E-state index < -0.39 is 35.6 Å². The molecule has 0 aromatic heterocycles. The molecule has 2 aliphatic rings. The van der Waals surface area contributed by atoms with E-state index in [0.717, 1.165) is 0 Å². The number of ether oxygens (including phenoxy) is 1. The summed E-state index contributed by atoms with van der Waals surface area (Å²) in [6, 6.07) is 0. The highest BCUT2D eigenvalue weighted by molar-refractivity contribution is 5.38. The minimum absolute atomic E-state index is 0.417. The van der Waals surface area contributed by atoms with Crippen LogP contribution in [0.25, 0.3) is 0 Å². The first-order chi connectivity index (χ1) is 5.84. The number of fused-ring (bicyclic) bond motifs is 1. The molecule has 1 saturated heterocycles. The molecule has 5 nitrogen and oxygen atoms in total. The van der Waals surface area contributed by atoms with Crippen LogP contribution in [0.2, 0.25) is 0 Å². The van der Waals surface area contributed by atoms with Crippen molar-refractivity contribution >= 4 is 0 Å². The molecule has 0 aromatic carbocycles. The number of hydrogen-bond donors (Lipinski definition) is 4. The first-order valence-corrected chi connectivity index (χ1v) is 4.23. The lowest BCUT2D eigenvalue weighted by Gasteiger charge is -2.22. The van der Waals surface area contributed by atoms with E-state index in [0.29, 0.717) is 0 Å².